The molecule has 0 radical (unpaired) electrons. The van der Waals surface area contributed by atoms with Crippen molar-refractivity contribution in [2.45, 2.75) is 38.8 Å². The van der Waals surface area contributed by atoms with Crippen LogP contribution in [-0.2, 0) is 23.1 Å². The molecule has 1 aromatic rings. The van der Waals surface area contributed by atoms with Gasteiger partial charge in [0.15, 0.2) is 0 Å². The zero-order chi connectivity index (χ0) is 14.2. The van der Waals surface area contributed by atoms with Crippen molar-refractivity contribution in [3.8, 4) is 0 Å². The number of nitrogens with two attached hydrogens (primary N) is 1. The molecule has 2 unspecified atom stereocenters. The monoisotopic (exact) mass is 285 g/mol. The van der Waals surface area contributed by atoms with E-state index in [2.05, 4.69) is 13.8 Å². The van der Waals surface area contributed by atoms with Crippen molar-refractivity contribution in [2.24, 2.45) is 17.6 Å². The molecule has 19 heavy (non-hydrogen) atoms. The summed E-state index contributed by atoms with van der Waals surface area (Å²) in [5.41, 5.74) is 6.51. The summed E-state index contributed by atoms with van der Waals surface area (Å²) in [5.74, 6) is 0.828. The summed E-state index contributed by atoms with van der Waals surface area (Å²) in [6.07, 6.45) is 1.70. The molecule has 1 fully saturated rings. The van der Waals surface area contributed by atoms with E-state index in [0.717, 1.165) is 12.2 Å². The molecule has 0 amide bonds. The zero-order valence-corrected chi connectivity index (χ0v) is 12.7. The summed E-state index contributed by atoms with van der Waals surface area (Å²) in [6.45, 7) is 8.49. The van der Waals surface area contributed by atoms with Crippen molar-refractivity contribution < 1.29 is 8.42 Å². The lowest BCUT2D eigenvalue weighted by molar-refractivity contribution is 0.463. The maximum atomic E-state index is 12.6. The second-order valence-corrected chi connectivity index (χ2v) is 7.37. The van der Waals surface area contributed by atoms with Gasteiger partial charge in [0, 0.05) is 38.1 Å². The molecule has 0 aliphatic carbocycles. The Morgan fingerprint density at radius 2 is 1.89 bits per heavy atom. The quantitative estimate of drug-likeness (QED) is 0.905. The summed E-state index contributed by atoms with van der Waals surface area (Å²) in [7, 11) is -3.37. The van der Waals surface area contributed by atoms with Crippen molar-refractivity contribution in [2.75, 3.05) is 13.1 Å². The SMILES string of the molecule is CCn1cc(S(=O)(=O)N2CC(C)C(C)C2)cc1CN. The summed E-state index contributed by atoms with van der Waals surface area (Å²) >= 11 is 0. The first-order chi connectivity index (χ1) is 8.90. The van der Waals surface area contributed by atoms with Crippen LogP contribution in [0.15, 0.2) is 17.2 Å². The predicted molar refractivity (Wildman–Crippen MR) is 75.1 cm³/mol. The highest BCUT2D eigenvalue weighted by Gasteiger charge is 2.35. The third-order valence-corrected chi connectivity index (χ3v) is 5.90. The fraction of sp³-hybridized carbons (Fsp3) is 0.692. The van der Waals surface area contributed by atoms with Crippen LogP contribution in [-0.4, -0.2) is 30.4 Å². The lowest BCUT2D eigenvalue weighted by atomic mass is 10.0. The van der Waals surface area contributed by atoms with Gasteiger partial charge in [-0.2, -0.15) is 4.31 Å². The normalized spacial score (nSPS) is 25.1. The van der Waals surface area contributed by atoms with Crippen molar-refractivity contribution in [1.29, 1.82) is 0 Å². The van der Waals surface area contributed by atoms with Gasteiger partial charge >= 0.3 is 0 Å². The Bertz CT molecular complexity index is 519. The van der Waals surface area contributed by atoms with Gasteiger partial charge in [-0.15, -0.1) is 0 Å². The number of aryl methyl sites for hydroxylation is 1. The standard InChI is InChI=1S/C13H23N3O2S/c1-4-15-9-13(5-12(15)6-14)19(17,18)16-7-10(2)11(3)8-16/h5,9-11H,4,6-8,14H2,1-3H3. The van der Waals surface area contributed by atoms with Crippen LogP contribution in [0.4, 0.5) is 0 Å². The third-order valence-electron chi connectivity index (χ3n) is 4.10. The van der Waals surface area contributed by atoms with Gasteiger partial charge in [0.05, 0.1) is 0 Å². The molecule has 6 heteroatoms. The first kappa shape index (κ1) is 14.6. The van der Waals surface area contributed by atoms with Crippen LogP contribution in [0.2, 0.25) is 0 Å². The third kappa shape index (κ3) is 2.57. The molecule has 0 aromatic carbocycles. The minimum absolute atomic E-state index is 0.357. The number of nitrogens with zero attached hydrogens (tertiary/aromatic N) is 2. The zero-order valence-electron chi connectivity index (χ0n) is 11.8. The Hall–Kier alpha value is -0.850. The average molecular weight is 285 g/mol. The van der Waals surface area contributed by atoms with E-state index in [1.165, 1.54) is 0 Å². The van der Waals surface area contributed by atoms with Gasteiger partial charge in [0.2, 0.25) is 10.0 Å². The number of aromatic nitrogens is 1. The molecular weight excluding hydrogens is 262 g/mol. The fourth-order valence-corrected chi connectivity index (χ4v) is 4.26. The van der Waals surface area contributed by atoms with Gasteiger partial charge < -0.3 is 10.3 Å². The van der Waals surface area contributed by atoms with Crippen LogP contribution in [0.1, 0.15) is 26.5 Å². The average Bonchev–Trinajstić information content (AvgIpc) is 2.94. The van der Waals surface area contributed by atoms with E-state index >= 15 is 0 Å². The number of rotatable bonds is 4. The number of hydrogen-bond acceptors (Lipinski definition) is 3. The maximum absolute atomic E-state index is 12.6. The Balaban J connectivity index is 2.32. The first-order valence-electron chi connectivity index (χ1n) is 6.79. The minimum atomic E-state index is -3.37. The van der Waals surface area contributed by atoms with Crippen LogP contribution in [0.25, 0.3) is 0 Å². The van der Waals surface area contributed by atoms with E-state index in [9.17, 15) is 8.42 Å². The largest absolute Gasteiger partial charge is 0.349 e. The highest BCUT2D eigenvalue weighted by atomic mass is 32.2. The Labute approximate surface area is 115 Å². The molecule has 1 aliphatic heterocycles. The molecule has 108 valence electrons. The van der Waals surface area contributed by atoms with E-state index in [4.69, 9.17) is 5.73 Å². The lowest BCUT2D eigenvalue weighted by Gasteiger charge is -2.14. The van der Waals surface area contributed by atoms with E-state index in [1.54, 1.807) is 16.6 Å². The fourth-order valence-electron chi connectivity index (χ4n) is 2.55. The summed E-state index contributed by atoms with van der Waals surface area (Å²) < 4.78 is 28.7. The van der Waals surface area contributed by atoms with Gasteiger partial charge in [0.1, 0.15) is 4.90 Å². The second-order valence-electron chi connectivity index (χ2n) is 5.43. The van der Waals surface area contributed by atoms with Crippen LogP contribution in [0.5, 0.6) is 0 Å². The predicted octanol–water partition coefficient (Wildman–Crippen LogP) is 1.24. The van der Waals surface area contributed by atoms with E-state index in [0.29, 0.717) is 36.4 Å². The van der Waals surface area contributed by atoms with Gasteiger partial charge in [-0.05, 0) is 24.8 Å². The Kier molecular flexibility index (Phi) is 4.03. The molecule has 2 heterocycles. The van der Waals surface area contributed by atoms with Crippen LogP contribution in [0, 0.1) is 11.8 Å². The Morgan fingerprint density at radius 1 is 1.32 bits per heavy atom. The summed E-state index contributed by atoms with van der Waals surface area (Å²) in [6, 6.07) is 1.70. The van der Waals surface area contributed by atoms with Gasteiger partial charge in [0.25, 0.3) is 0 Å². The van der Waals surface area contributed by atoms with Crippen molar-refractivity contribution in [3.63, 3.8) is 0 Å². The molecule has 2 rings (SSSR count). The smallest absolute Gasteiger partial charge is 0.244 e. The van der Waals surface area contributed by atoms with Crippen molar-refractivity contribution in [1.82, 2.24) is 8.87 Å². The van der Waals surface area contributed by atoms with E-state index in [-0.39, 0.29) is 0 Å². The summed E-state index contributed by atoms with van der Waals surface area (Å²) in [4.78, 5) is 0.371. The molecule has 1 saturated heterocycles. The van der Waals surface area contributed by atoms with Crippen LogP contribution >= 0.6 is 0 Å². The van der Waals surface area contributed by atoms with E-state index < -0.39 is 10.0 Å². The van der Waals surface area contributed by atoms with Crippen LogP contribution in [0.3, 0.4) is 0 Å². The molecule has 2 atom stereocenters. The Morgan fingerprint density at radius 3 is 2.32 bits per heavy atom. The highest BCUT2D eigenvalue weighted by Crippen LogP contribution is 2.28. The van der Waals surface area contributed by atoms with Crippen LogP contribution < -0.4 is 5.73 Å². The molecular formula is C13H23N3O2S. The van der Waals surface area contributed by atoms with E-state index in [1.807, 2.05) is 11.5 Å². The summed E-state index contributed by atoms with van der Waals surface area (Å²) in [5, 5.41) is 0. The molecule has 1 aliphatic rings. The minimum Gasteiger partial charge on any atom is -0.349 e. The number of hydrogen-bond donors (Lipinski definition) is 1. The molecule has 5 nitrogen and oxygen atoms in total. The van der Waals surface area contributed by atoms with Crippen molar-refractivity contribution >= 4 is 10.0 Å². The molecule has 0 spiro atoms. The van der Waals surface area contributed by atoms with Gasteiger partial charge in [-0.25, -0.2) is 8.42 Å². The topological polar surface area (TPSA) is 68.3 Å². The highest BCUT2D eigenvalue weighted by molar-refractivity contribution is 7.89. The first-order valence-corrected chi connectivity index (χ1v) is 8.23. The molecule has 1 aromatic heterocycles. The molecule has 0 bridgehead atoms. The van der Waals surface area contributed by atoms with Crippen molar-refractivity contribution in [3.05, 3.63) is 18.0 Å². The second kappa shape index (κ2) is 5.26. The molecule has 0 saturated carbocycles. The maximum Gasteiger partial charge on any atom is 0.244 e. The van der Waals surface area contributed by atoms with Gasteiger partial charge in [-0.1, -0.05) is 13.8 Å². The lowest BCUT2D eigenvalue weighted by Crippen LogP contribution is -2.28. The molecule has 2 N–H and O–H groups in total. The number of sulfonamides is 1. The van der Waals surface area contributed by atoms with Gasteiger partial charge in [-0.3, -0.25) is 0 Å².